The fraction of sp³-hybridized carbons (Fsp3) is 0.300. The molecular weight excluding hydrogens is 265 g/mol. The summed E-state index contributed by atoms with van der Waals surface area (Å²) in [5.74, 6) is -1.27. The van der Waals surface area contributed by atoms with Crippen molar-refractivity contribution in [3.63, 3.8) is 0 Å². The van der Waals surface area contributed by atoms with Crippen LogP contribution in [0, 0.1) is 0 Å². The first-order chi connectivity index (χ1) is 8.70. The van der Waals surface area contributed by atoms with E-state index >= 15 is 0 Å². The standard InChI is InChI=1S/C10H9F3N4O2/c1-16-4-5(8(15-16)10(11,12)13)6-3-7(9(18)19)17(2)14-6/h3-4H,1-2H3,(H,18,19). The molecule has 0 unspecified atom stereocenters. The van der Waals surface area contributed by atoms with Gasteiger partial charge in [-0.15, -0.1) is 0 Å². The zero-order valence-electron chi connectivity index (χ0n) is 9.93. The van der Waals surface area contributed by atoms with E-state index < -0.39 is 17.8 Å². The first-order valence-electron chi connectivity index (χ1n) is 5.08. The Labute approximate surface area is 105 Å². The zero-order chi connectivity index (χ0) is 14.4. The second kappa shape index (κ2) is 4.11. The van der Waals surface area contributed by atoms with Gasteiger partial charge in [0, 0.05) is 20.3 Å². The zero-order valence-corrected chi connectivity index (χ0v) is 9.93. The molecular formula is C10H9F3N4O2. The summed E-state index contributed by atoms with van der Waals surface area (Å²) in [5, 5.41) is 16.0. The molecule has 2 aromatic heterocycles. The van der Waals surface area contributed by atoms with Crippen LogP contribution in [0.1, 0.15) is 16.2 Å². The highest BCUT2D eigenvalue weighted by molar-refractivity contribution is 5.87. The van der Waals surface area contributed by atoms with Crippen LogP contribution in [0.5, 0.6) is 0 Å². The molecule has 0 aliphatic rings. The fourth-order valence-corrected chi connectivity index (χ4v) is 1.68. The Morgan fingerprint density at radius 2 is 1.95 bits per heavy atom. The summed E-state index contributed by atoms with van der Waals surface area (Å²) >= 11 is 0. The summed E-state index contributed by atoms with van der Waals surface area (Å²) in [6, 6.07) is 1.08. The maximum atomic E-state index is 12.8. The number of aryl methyl sites for hydroxylation is 2. The van der Waals surface area contributed by atoms with Crippen molar-refractivity contribution in [2.24, 2.45) is 14.1 Å². The number of hydrogen-bond donors (Lipinski definition) is 1. The van der Waals surface area contributed by atoms with E-state index in [9.17, 15) is 18.0 Å². The molecule has 0 saturated carbocycles. The normalized spacial score (nSPS) is 11.8. The average molecular weight is 274 g/mol. The van der Waals surface area contributed by atoms with E-state index in [1.165, 1.54) is 14.1 Å². The quantitative estimate of drug-likeness (QED) is 0.901. The van der Waals surface area contributed by atoms with Crippen LogP contribution >= 0.6 is 0 Å². The van der Waals surface area contributed by atoms with Crippen LogP contribution in [0.4, 0.5) is 13.2 Å². The van der Waals surface area contributed by atoms with E-state index in [-0.39, 0.29) is 17.0 Å². The molecule has 0 saturated heterocycles. The van der Waals surface area contributed by atoms with E-state index in [1.807, 2.05) is 0 Å². The van der Waals surface area contributed by atoms with Crippen molar-refractivity contribution in [2.75, 3.05) is 0 Å². The van der Waals surface area contributed by atoms with Crippen molar-refractivity contribution in [3.8, 4) is 11.3 Å². The minimum Gasteiger partial charge on any atom is -0.477 e. The fourth-order valence-electron chi connectivity index (χ4n) is 1.68. The molecule has 0 radical (unpaired) electrons. The molecule has 1 N–H and O–H groups in total. The van der Waals surface area contributed by atoms with Gasteiger partial charge >= 0.3 is 12.1 Å². The Morgan fingerprint density at radius 3 is 2.42 bits per heavy atom. The number of alkyl halides is 3. The van der Waals surface area contributed by atoms with Gasteiger partial charge in [-0.05, 0) is 6.07 Å². The SMILES string of the molecule is Cn1cc(-c2cc(C(=O)O)n(C)n2)c(C(F)(F)F)n1. The van der Waals surface area contributed by atoms with Crippen molar-refractivity contribution in [3.05, 3.63) is 23.7 Å². The van der Waals surface area contributed by atoms with Crippen molar-refractivity contribution < 1.29 is 23.1 Å². The molecule has 2 rings (SSSR count). The van der Waals surface area contributed by atoms with Crippen LogP contribution in [0.3, 0.4) is 0 Å². The van der Waals surface area contributed by atoms with Gasteiger partial charge in [-0.3, -0.25) is 9.36 Å². The number of halogens is 3. The minimum atomic E-state index is -4.63. The summed E-state index contributed by atoms with van der Waals surface area (Å²) < 4.78 is 40.4. The summed E-state index contributed by atoms with van der Waals surface area (Å²) in [6.45, 7) is 0. The molecule has 19 heavy (non-hydrogen) atoms. The molecule has 0 spiro atoms. The number of aromatic nitrogens is 4. The Kier molecular flexibility index (Phi) is 2.84. The Morgan fingerprint density at radius 1 is 1.32 bits per heavy atom. The van der Waals surface area contributed by atoms with E-state index in [4.69, 9.17) is 5.11 Å². The number of carbonyl (C=O) groups is 1. The van der Waals surface area contributed by atoms with Gasteiger partial charge in [-0.25, -0.2) is 4.79 Å². The molecule has 6 nitrogen and oxygen atoms in total. The topological polar surface area (TPSA) is 72.9 Å². The van der Waals surface area contributed by atoms with E-state index in [2.05, 4.69) is 10.2 Å². The largest absolute Gasteiger partial charge is 0.477 e. The van der Waals surface area contributed by atoms with E-state index in [0.717, 1.165) is 21.6 Å². The number of aromatic carboxylic acids is 1. The molecule has 2 aromatic rings. The molecule has 2 heterocycles. The lowest BCUT2D eigenvalue weighted by Crippen LogP contribution is -2.08. The highest BCUT2D eigenvalue weighted by atomic mass is 19.4. The molecule has 0 aliphatic carbocycles. The highest BCUT2D eigenvalue weighted by Gasteiger charge is 2.38. The smallest absolute Gasteiger partial charge is 0.435 e. The number of carboxylic acid groups (broad SMARTS) is 1. The molecule has 0 bridgehead atoms. The van der Waals surface area contributed by atoms with Crippen molar-refractivity contribution in [1.29, 1.82) is 0 Å². The second-order valence-corrected chi connectivity index (χ2v) is 3.91. The van der Waals surface area contributed by atoms with E-state index in [1.54, 1.807) is 0 Å². The molecule has 9 heteroatoms. The van der Waals surface area contributed by atoms with Gasteiger partial charge in [0.2, 0.25) is 0 Å². The maximum Gasteiger partial charge on any atom is 0.435 e. The summed E-state index contributed by atoms with van der Waals surface area (Å²) in [7, 11) is 2.69. The van der Waals surface area contributed by atoms with Gasteiger partial charge in [-0.2, -0.15) is 23.4 Å². The monoisotopic (exact) mass is 274 g/mol. The first kappa shape index (κ1) is 13.1. The number of rotatable bonds is 2. The van der Waals surface area contributed by atoms with Gasteiger partial charge in [0.15, 0.2) is 5.69 Å². The van der Waals surface area contributed by atoms with Gasteiger partial charge in [0.05, 0.1) is 11.3 Å². The lowest BCUT2D eigenvalue weighted by Gasteiger charge is -2.03. The first-order valence-corrected chi connectivity index (χ1v) is 5.08. The van der Waals surface area contributed by atoms with Crippen LogP contribution < -0.4 is 0 Å². The second-order valence-electron chi connectivity index (χ2n) is 3.91. The third kappa shape index (κ3) is 2.30. The Bertz CT molecular complexity index is 642. The molecule has 102 valence electrons. The van der Waals surface area contributed by atoms with Crippen LogP contribution in [-0.4, -0.2) is 30.6 Å². The summed E-state index contributed by atoms with van der Waals surface area (Å²) in [5.41, 5.74) is -1.63. The predicted octanol–water partition coefficient (Wildman–Crippen LogP) is 1.54. The third-order valence-electron chi connectivity index (χ3n) is 2.47. The molecule has 0 aliphatic heterocycles. The third-order valence-corrected chi connectivity index (χ3v) is 2.47. The number of carboxylic acids is 1. The molecule has 0 amide bonds. The summed E-state index contributed by atoms with van der Waals surface area (Å²) in [6.07, 6.45) is -3.48. The Hall–Kier alpha value is -2.32. The number of hydrogen-bond acceptors (Lipinski definition) is 3. The lowest BCUT2D eigenvalue weighted by molar-refractivity contribution is -0.141. The maximum absolute atomic E-state index is 12.8. The van der Waals surface area contributed by atoms with Gasteiger partial charge in [0.1, 0.15) is 5.69 Å². The molecule has 0 fully saturated rings. The molecule has 0 aromatic carbocycles. The minimum absolute atomic E-state index is 0.0830. The highest BCUT2D eigenvalue weighted by Crippen LogP contribution is 2.35. The van der Waals surface area contributed by atoms with Gasteiger partial charge in [0.25, 0.3) is 0 Å². The van der Waals surface area contributed by atoms with Crippen LogP contribution in [0.25, 0.3) is 11.3 Å². The van der Waals surface area contributed by atoms with Crippen LogP contribution in [-0.2, 0) is 20.3 Å². The van der Waals surface area contributed by atoms with E-state index in [0.29, 0.717) is 0 Å². The summed E-state index contributed by atoms with van der Waals surface area (Å²) in [4.78, 5) is 10.8. The average Bonchev–Trinajstić information content (AvgIpc) is 2.80. The lowest BCUT2D eigenvalue weighted by atomic mass is 10.1. The number of nitrogens with zero attached hydrogens (tertiary/aromatic N) is 4. The van der Waals surface area contributed by atoms with Crippen LogP contribution in [0.2, 0.25) is 0 Å². The Balaban J connectivity index is 2.59. The van der Waals surface area contributed by atoms with Crippen molar-refractivity contribution in [2.45, 2.75) is 6.18 Å². The van der Waals surface area contributed by atoms with Crippen molar-refractivity contribution >= 4 is 5.97 Å². The van der Waals surface area contributed by atoms with Gasteiger partial charge in [-0.1, -0.05) is 0 Å². The van der Waals surface area contributed by atoms with Crippen LogP contribution in [0.15, 0.2) is 12.3 Å². The van der Waals surface area contributed by atoms with Crippen molar-refractivity contribution in [1.82, 2.24) is 19.6 Å². The molecule has 0 atom stereocenters. The van der Waals surface area contributed by atoms with Gasteiger partial charge < -0.3 is 5.11 Å². The predicted molar refractivity (Wildman–Crippen MR) is 57.4 cm³/mol.